The molecule has 5 heteroatoms. The van der Waals surface area contributed by atoms with Crippen LogP contribution in [-0.2, 0) is 4.79 Å². The van der Waals surface area contributed by atoms with E-state index in [-0.39, 0.29) is 18.0 Å². The highest BCUT2D eigenvalue weighted by Gasteiger charge is 2.43. The van der Waals surface area contributed by atoms with E-state index in [1.54, 1.807) is 0 Å². The Kier molecular flexibility index (Phi) is 4.52. The van der Waals surface area contributed by atoms with Crippen LogP contribution in [0.4, 0.5) is 0 Å². The zero-order chi connectivity index (χ0) is 14.9. The molecule has 1 aromatic carbocycles. The van der Waals surface area contributed by atoms with Crippen molar-refractivity contribution in [2.24, 2.45) is 5.73 Å². The van der Waals surface area contributed by atoms with Gasteiger partial charge in [0.2, 0.25) is 5.91 Å². The summed E-state index contributed by atoms with van der Waals surface area (Å²) in [7, 11) is 0. The summed E-state index contributed by atoms with van der Waals surface area (Å²) in [6.45, 7) is 7.36. The number of nitrogens with zero attached hydrogens (tertiary/aromatic N) is 1. The van der Waals surface area contributed by atoms with Gasteiger partial charge in [-0.2, -0.15) is 0 Å². The number of hydrogen-bond acceptors (Lipinski definition) is 3. The number of halogens is 1. The van der Waals surface area contributed by atoms with E-state index >= 15 is 0 Å². The summed E-state index contributed by atoms with van der Waals surface area (Å²) in [6, 6.07) is 8.01. The molecule has 1 aromatic rings. The Balaban J connectivity index is 2.44. The molecule has 0 aliphatic carbocycles. The van der Waals surface area contributed by atoms with Gasteiger partial charge in [0.05, 0.1) is 11.6 Å². The third-order valence-electron chi connectivity index (χ3n) is 3.97. The van der Waals surface area contributed by atoms with Crippen LogP contribution in [0.5, 0.6) is 0 Å². The Hall–Kier alpha value is -0.910. The Labute approximate surface area is 128 Å². The molecule has 1 heterocycles. The molecule has 1 aliphatic heterocycles. The summed E-state index contributed by atoms with van der Waals surface area (Å²) in [5.74, 6) is 0.0569. The monoisotopic (exact) mass is 339 g/mol. The zero-order valence-electron chi connectivity index (χ0n) is 12.2. The summed E-state index contributed by atoms with van der Waals surface area (Å²) in [4.78, 5) is 14.4. The van der Waals surface area contributed by atoms with Gasteiger partial charge >= 0.3 is 0 Å². The standard InChI is InChI=1S/C15H22BrN3O/c1-10(17)13(11-6-4-5-7-12(11)16)19-9-8-18-14(20)15(19,2)3/h4-7,10,13H,8-9,17H2,1-3H3,(H,18,20). The Morgan fingerprint density at radius 3 is 2.65 bits per heavy atom. The molecule has 0 aromatic heterocycles. The molecular formula is C15H22BrN3O. The van der Waals surface area contributed by atoms with Crippen molar-refractivity contribution < 1.29 is 4.79 Å². The van der Waals surface area contributed by atoms with E-state index < -0.39 is 5.54 Å². The number of nitrogens with two attached hydrogens (primary N) is 1. The van der Waals surface area contributed by atoms with E-state index in [2.05, 4.69) is 32.2 Å². The van der Waals surface area contributed by atoms with Gasteiger partial charge in [-0.1, -0.05) is 34.1 Å². The fourth-order valence-corrected chi connectivity index (χ4v) is 3.37. The van der Waals surface area contributed by atoms with Gasteiger partial charge < -0.3 is 11.1 Å². The minimum Gasteiger partial charge on any atom is -0.353 e. The summed E-state index contributed by atoms with van der Waals surface area (Å²) < 4.78 is 1.03. The number of amides is 1. The second-order valence-electron chi connectivity index (χ2n) is 5.83. The highest BCUT2D eigenvalue weighted by molar-refractivity contribution is 9.10. The number of carbonyl (C=O) groups excluding carboxylic acids is 1. The molecule has 2 atom stereocenters. The minimum atomic E-state index is -0.564. The maximum atomic E-state index is 12.2. The second-order valence-corrected chi connectivity index (χ2v) is 6.69. The molecule has 0 radical (unpaired) electrons. The molecule has 0 bridgehead atoms. The van der Waals surface area contributed by atoms with Crippen LogP contribution in [0.3, 0.4) is 0 Å². The average Bonchev–Trinajstić information content (AvgIpc) is 2.37. The maximum Gasteiger partial charge on any atom is 0.240 e. The second kappa shape index (κ2) is 5.84. The lowest BCUT2D eigenvalue weighted by molar-refractivity contribution is -0.137. The first kappa shape index (κ1) is 15.5. The van der Waals surface area contributed by atoms with Crippen molar-refractivity contribution in [2.75, 3.05) is 13.1 Å². The molecule has 1 amide bonds. The highest BCUT2D eigenvalue weighted by atomic mass is 79.9. The first-order chi connectivity index (χ1) is 9.35. The number of carbonyl (C=O) groups is 1. The van der Waals surface area contributed by atoms with Crippen LogP contribution in [0.25, 0.3) is 0 Å². The number of rotatable bonds is 3. The van der Waals surface area contributed by atoms with E-state index in [1.807, 2.05) is 39.0 Å². The summed E-state index contributed by atoms with van der Waals surface area (Å²) in [6.07, 6.45) is 0. The Morgan fingerprint density at radius 2 is 2.05 bits per heavy atom. The Morgan fingerprint density at radius 1 is 1.40 bits per heavy atom. The highest BCUT2D eigenvalue weighted by Crippen LogP contribution is 2.35. The van der Waals surface area contributed by atoms with Gasteiger partial charge in [-0.15, -0.1) is 0 Å². The van der Waals surface area contributed by atoms with Gasteiger partial charge in [-0.25, -0.2) is 0 Å². The van der Waals surface area contributed by atoms with Crippen molar-refractivity contribution in [1.82, 2.24) is 10.2 Å². The molecule has 4 nitrogen and oxygen atoms in total. The van der Waals surface area contributed by atoms with Crippen LogP contribution >= 0.6 is 15.9 Å². The van der Waals surface area contributed by atoms with Gasteiger partial charge in [0.15, 0.2) is 0 Å². The maximum absolute atomic E-state index is 12.2. The first-order valence-electron chi connectivity index (χ1n) is 6.90. The molecular weight excluding hydrogens is 318 g/mol. The van der Waals surface area contributed by atoms with Gasteiger partial charge in [0.1, 0.15) is 0 Å². The number of hydrogen-bond donors (Lipinski definition) is 2. The molecule has 3 N–H and O–H groups in total. The van der Waals surface area contributed by atoms with Gasteiger partial charge in [0.25, 0.3) is 0 Å². The van der Waals surface area contributed by atoms with Crippen molar-refractivity contribution in [3.05, 3.63) is 34.3 Å². The topological polar surface area (TPSA) is 58.4 Å². The molecule has 20 heavy (non-hydrogen) atoms. The lowest BCUT2D eigenvalue weighted by atomic mass is 9.90. The van der Waals surface area contributed by atoms with Crippen molar-refractivity contribution in [3.63, 3.8) is 0 Å². The summed E-state index contributed by atoms with van der Waals surface area (Å²) >= 11 is 3.60. The van der Waals surface area contributed by atoms with E-state index in [0.717, 1.165) is 16.6 Å². The SMILES string of the molecule is CC(N)C(c1ccccc1Br)N1CCNC(=O)C1(C)C. The van der Waals surface area contributed by atoms with Gasteiger partial charge in [-0.05, 0) is 32.4 Å². The number of nitrogens with one attached hydrogen (secondary N) is 1. The fraction of sp³-hybridized carbons (Fsp3) is 0.533. The van der Waals surface area contributed by atoms with E-state index in [0.29, 0.717) is 6.54 Å². The largest absolute Gasteiger partial charge is 0.353 e. The van der Waals surface area contributed by atoms with Crippen molar-refractivity contribution in [1.29, 1.82) is 0 Å². The smallest absolute Gasteiger partial charge is 0.240 e. The molecule has 110 valence electrons. The summed E-state index contributed by atoms with van der Waals surface area (Å²) in [5, 5.41) is 2.93. The van der Waals surface area contributed by atoms with Crippen LogP contribution in [0.1, 0.15) is 32.4 Å². The molecule has 1 aliphatic rings. The third kappa shape index (κ3) is 2.75. The van der Waals surface area contributed by atoms with Gasteiger partial charge in [-0.3, -0.25) is 9.69 Å². The molecule has 0 saturated carbocycles. The van der Waals surface area contributed by atoms with E-state index in [1.165, 1.54) is 0 Å². The molecule has 0 spiro atoms. The van der Waals surface area contributed by atoms with Crippen molar-refractivity contribution >= 4 is 21.8 Å². The summed E-state index contributed by atoms with van der Waals surface area (Å²) in [5.41, 5.74) is 6.81. The van der Waals surface area contributed by atoms with Crippen LogP contribution in [0.15, 0.2) is 28.7 Å². The molecule has 2 unspecified atom stereocenters. The van der Waals surface area contributed by atoms with Crippen molar-refractivity contribution in [3.8, 4) is 0 Å². The normalized spacial score (nSPS) is 22.1. The number of benzene rings is 1. The lowest BCUT2D eigenvalue weighted by Gasteiger charge is -2.47. The molecule has 1 fully saturated rings. The number of piperazine rings is 1. The Bertz CT molecular complexity index is 502. The third-order valence-corrected chi connectivity index (χ3v) is 4.69. The van der Waals surface area contributed by atoms with Gasteiger partial charge in [0, 0.05) is 23.6 Å². The van der Waals surface area contributed by atoms with Crippen LogP contribution < -0.4 is 11.1 Å². The predicted molar refractivity (Wildman–Crippen MR) is 84.3 cm³/mol. The predicted octanol–water partition coefficient (Wildman–Crippen LogP) is 2.05. The zero-order valence-corrected chi connectivity index (χ0v) is 13.8. The van der Waals surface area contributed by atoms with Crippen molar-refractivity contribution in [2.45, 2.75) is 38.4 Å². The van der Waals surface area contributed by atoms with Crippen LogP contribution in [-0.4, -0.2) is 35.5 Å². The minimum absolute atomic E-state index is 0.00613. The van der Waals surface area contributed by atoms with Crippen LogP contribution in [0.2, 0.25) is 0 Å². The van der Waals surface area contributed by atoms with Crippen LogP contribution in [0, 0.1) is 0 Å². The molecule has 2 rings (SSSR count). The first-order valence-corrected chi connectivity index (χ1v) is 7.70. The van der Waals surface area contributed by atoms with E-state index in [9.17, 15) is 4.79 Å². The average molecular weight is 340 g/mol. The fourth-order valence-electron chi connectivity index (χ4n) is 2.85. The molecule has 1 saturated heterocycles. The van der Waals surface area contributed by atoms with E-state index in [4.69, 9.17) is 5.73 Å². The quantitative estimate of drug-likeness (QED) is 0.885. The lowest BCUT2D eigenvalue weighted by Crippen LogP contribution is -2.64.